The van der Waals surface area contributed by atoms with Gasteiger partial charge in [-0.25, -0.2) is 0 Å². The van der Waals surface area contributed by atoms with Gasteiger partial charge in [0.1, 0.15) is 0 Å². The second kappa shape index (κ2) is 8.88. The monoisotopic (exact) mass is 228 g/mol. The zero-order valence-corrected chi connectivity index (χ0v) is 11.5. The van der Waals surface area contributed by atoms with Gasteiger partial charge in [-0.3, -0.25) is 0 Å². The van der Waals surface area contributed by atoms with E-state index in [9.17, 15) is 9.90 Å². The molecule has 0 radical (unpaired) electrons. The molecule has 1 aromatic heterocycles. The first-order valence-electron chi connectivity index (χ1n) is 4.04. The molecule has 1 aromatic carbocycles. The number of carbonyl (C=O) groups is 1. The van der Waals surface area contributed by atoms with Crippen LogP contribution in [0.15, 0.2) is 59.4 Å². The zero-order valence-electron chi connectivity index (χ0n) is 8.42. The van der Waals surface area contributed by atoms with Crippen molar-refractivity contribution in [1.82, 2.24) is 0 Å². The molecular formula is C11H9KO3. The predicted molar refractivity (Wildman–Crippen MR) is 49.5 cm³/mol. The van der Waals surface area contributed by atoms with Gasteiger partial charge in [0.2, 0.25) is 0 Å². The molecule has 0 aliphatic rings. The van der Waals surface area contributed by atoms with Gasteiger partial charge in [0.05, 0.1) is 18.5 Å². The summed E-state index contributed by atoms with van der Waals surface area (Å²) in [5.74, 6) is -1.13. The van der Waals surface area contributed by atoms with Crippen LogP contribution < -0.4 is 56.5 Å². The van der Waals surface area contributed by atoms with Crippen molar-refractivity contribution in [2.24, 2.45) is 0 Å². The minimum Gasteiger partial charge on any atom is -0.545 e. The van der Waals surface area contributed by atoms with Gasteiger partial charge >= 0.3 is 51.4 Å². The van der Waals surface area contributed by atoms with Crippen LogP contribution in [0.3, 0.4) is 0 Å². The summed E-state index contributed by atoms with van der Waals surface area (Å²) < 4.78 is 4.58. The number of hydrogen-bond donors (Lipinski definition) is 0. The molecule has 3 nitrogen and oxygen atoms in total. The fraction of sp³-hybridized carbons (Fsp3) is 0. The molecule has 0 spiro atoms. The molecule has 0 atom stereocenters. The molecule has 15 heavy (non-hydrogen) atoms. The van der Waals surface area contributed by atoms with Crippen molar-refractivity contribution in [2.45, 2.75) is 0 Å². The predicted octanol–water partition coefficient (Wildman–Crippen LogP) is -1.67. The summed E-state index contributed by atoms with van der Waals surface area (Å²) in [4.78, 5) is 10.1. The van der Waals surface area contributed by atoms with Crippen LogP contribution in [0.4, 0.5) is 0 Å². The molecular weight excluding hydrogens is 219 g/mol. The van der Waals surface area contributed by atoms with E-state index in [1.165, 1.54) is 12.1 Å². The Morgan fingerprint density at radius 1 is 1.00 bits per heavy atom. The minimum absolute atomic E-state index is 0. The standard InChI is InChI=1S/C7H6O2.C4H4O.K/c8-7(9)6-4-2-1-3-5-6;1-2-4-5-3-1;/h1-5H,(H,8,9);1-4H;/q;;+1/p-1. The molecule has 1 heterocycles. The normalized spacial score (nSPS) is 8.00. The zero-order chi connectivity index (χ0) is 10.2. The Morgan fingerprint density at radius 2 is 1.53 bits per heavy atom. The molecule has 0 unspecified atom stereocenters. The molecule has 2 rings (SSSR count). The number of carbonyl (C=O) groups excluding carboxylic acids is 1. The van der Waals surface area contributed by atoms with Gasteiger partial charge in [-0.1, -0.05) is 30.3 Å². The Balaban J connectivity index is 0.000000280. The van der Waals surface area contributed by atoms with Gasteiger partial charge in [-0.05, 0) is 17.7 Å². The van der Waals surface area contributed by atoms with Crippen LogP contribution in [0, 0.1) is 0 Å². The first-order valence-corrected chi connectivity index (χ1v) is 4.04. The molecule has 0 N–H and O–H groups in total. The van der Waals surface area contributed by atoms with E-state index in [4.69, 9.17) is 0 Å². The van der Waals surface area contributed by atoms with Crippen LogP contribution in [0.1, 0.15) is 10.4 Å². The van der Waals surface area contributed by atoms with Gasteiger partial charge < -0.3 is 14.3 Å². The Morgan fingerprint density at radius 3 is 1.80 bits per heavy atom. The summed E-state index contributed by atoms with van der Waals surface area (Å²) >= 11 is 0. The van der Waals surface area contributed by atoms with E-state index in [1.54, 1.807) is 30.7 Å². The number of carboxylic acid groups (broad SMARTS) is 1. The van der Waals surface area contributed by atoms with E-state index in [-0.39, 0.29) is 56.9 Å². The van der Waals surface area contributed by atoms with E-state index in [1.807, 2.05) is 12.1 Å². The first-order chi connectivity index (χ1) is 6.80. The van der Waals surface area contributed by atoms with Crippen molar-refractivity contribution in [3.63, 3.8) is 0 Å². The topological polar surface area (TPSA) is 53.3 Å². The number of hydrogen-bond acceptors (Lipinski definition) is 3. The summed E-state index contributed by atoms with van der Waals surface area (Å²) in [7, 11) is 0. The number of benzene rings is 1. The van der Waals surface area contributed by atoms with Crippen LogP contribution >= 0.6 is 0 Å². The maximum absolute atomic E-state index is 10.1. The molecule has 0 bridgehead atoms. The van der Waals surface area contributed by atoms with Gasteiger partial charge in [0, 0.05) is 0 Å². The molecule has 0 amide bonds. The third-order valence-corrected chi connectivity index (χ3v) is 1.43. The smallest absolute Gasteiger partial charge is 0.545 e. The van der Waals surface area contributed by atoms with Crippen LogP contribution in [-0.4, -0.2) is 5.97 Å². The maximum atomic E-state index is 10.1. The molecule has 0 saturated carbocycles. The average Bonchev–Trinajstić information content (AvgIpc) is 2.77. The van der Waals surface area contributed by atoms with E-state index in [0.717, 1.165) is 0 Å². The molecule has 0 saturated heterocycles. The van der Waals surface area contributed by atoms with Gasteiger partial charge in [0.15, 0.2) is 0 Å². The Kier molecular flexibility index (Phi) is 8.65. The van der Waals surface area contributed by atoms with Crippen molar-refractivity contribution < 1.29 is 65.7 Å². The fourth-order valence-corrected chi connectivity index (χ4v) is 0.801. The largest absolute Gasteiger partial charge is 1.00 e. The number of carboxylic acids is 1. The Labute approximate surface area is 131 Å². The third-order valence-electron chi connectivity index (χ3n) is 1.43. The van der Waals surface area contributed by atoms with Crippen molar-refractivity contribution in [3.8, 4) is 0 Å². The minimum atomic E-state index is -1.13. The summed E-state index contributed by atoms with van der Waals surface area (Å²) in [5, 5.41) is 10.1. The summed E-state index contributed by atoms with van der Waals surface area (Å²) in [5.41, 5.74) is 0.220. The van der Waals surface area contributed by atoms with Crippen molar-refractivity contribution in [2.75, 3.05) is 0 Å². The number of aromatic carboxylic acids is 1. The average molecular weight is 228 g/mol. The van der Waals surface area contributed by atoms with Gasteiger partial charge in [-0.2, -0.15) is 0 Å². The van der Waals surface area contributed by atoms with Crippen molar-refractivity contribution in [1.29, 1.82) is 0 Å². The van der Waals surface area contributed by atoms with Gasteiger partial charge in [0.25, 0.3) is 0 Å². The van der Waals surface area contributed by atoms with Crippen LogP contribution in [0.2, 0.25) is 0 Å². The molecule has 4 heteroatoms. The number of rotatable bonds is 1. The quantitative estimate of drug-likeness (QED) is 0.549. The number of furan rings is 1. The van der Waals surface area contributed by atoms with E-state index in [0.29, 0.717) is 0 Å². The molecule has 0 aliphatic heterocycles. The second-order valence-corrected chi connectivity index (χ2v) is 2.45. The van der Waals surface area contributed by atoms with E-state index < -0.39 is 5.97 Å². The van der Waals surface area contributed by atoms with E-state index in [2.05, 4.69) is 4.42 Å². The summed E-state index contributed by atoms with van der Waals surface area (Å²) in [6, 6.07) is 11.7. The SMILES string of the molecule is O=C([O-])c1ccccc1.[K+].c1ccoc1. The van der Waals surface area contributed by atoms with Crippen LogP contribution in [0.25, 0.3) is 0 Å². The van der Waals surface area contributed by atoms with E-state index >= 15 is 0 Å². The first kappa shape index (κ1) is 14.6. The molecule has 0 fully saturated rings. The maximum Gasteiger partial charge on any atom is 1.00 e. The summed E-state index contributed by atoms with van der Waals surface area (Å²) in [6.07, 6.45) is 3.25. The Bertz CT molecular complexity index is 339. The summed E-state index contributed by atoms with van der Waals surface area (Å²) in [6.45, 7) is 0. The molecule has 72 valence electrons. The molecule has 0 aliphatic carbocycles. The Hall–Kier alpha value is -0.394. The van der Waals surface area contributed by atoms with Crippen molar-refractivity contribution in [3.05, 3.63) is 60.6 Å². The van der Waals surface area contributed by atoms with Gasteiger partial charge in [-0.15, -0.1) is 0 Å². The van der Waals surface area contributed by atoms with Crippen LogP contribution in [0.5, 0.6) is 0 Å². The third kappa shape index (κ3) is 6.65. The van der Waals surface area contributed by atoms with Crippen LogP contribution in [-0.2, 0) is 0 Å². The fourth-order valence-electron chi connectivity index (χ4n) is 0.801. The van der Waals surface area contributed by atoms with Crippen molar-refractivity contribution >= 4 is 5.97 Å². The molecule has 2 aromatic rings. The second-order valence-electron chi connectivity index (χ2n) is 2.45.